The standard InChI is InChI=1S/C19H26N6S/c1-13-14(2)26-19-17(13)18(20-12-21-19)25-7-5-16(6-8-25)23(3)10-15-9-22-24(4)11-15/h9,11-12,16H,5-8,10H2,1-4H3. The Balaban J connectivity index is 1.45. The predicted octanol–water partition coefficient (Wildman–Crippen LogP) is 3.14. The molecular formula is C19H26N6S. The van der Waals surface area contributed by atoms with E-state index in [0.29, 0.717) is 6.04 Å². The lowest BCUT2D eigenvalue weighted by Gasteiger charge is -2.37. The molecule has 0 aromatic carbocycles. The molecule has 1 saturated heterocycles. The number of anilines is 1. The predicted molar refractivity (Wildman–Crippen MR) is 107 cm³/mol. The Hall–Kier alpha value is -1.99. The van der Waals surface area contributed by atoms with Crippen LogP contribution in [0.5, 0.6) is 0 Å². The molecule has 0 aliphatic carbocycles. The number of thiophene rings is 1. The molecule has 7 heteroatoms. The SMILES string of the molecule is Cc1sc2ncnc(N3CCC(N(C)Cc4cnn(C)c4)CC3)c2c1C. The summed E-state index contributed by atoms with van der Waals surface area (Å²) in [5, 5.41) is 5.52. The molecule has 6 nitrogen and oxygen atoms in total. The first-order valence-electron chi connectivity index (χ1n) is 9.16. The van der Waals surface area contributed by atoms with Crippen LogP contribution in [0.2, 0.25) is 0 Å². The van der Waals surface area contributed by atoms with E-state index in [9.17, 15) is 0 Å². The average molecular weight is 371 g/mol. The first-order valence-corrected chi connectivity index (χ1v) is 9.98. The second-order valence-corrected chi connectivity index (χ2v) is 8.52. The van der Waals surface area contributed by atoms with Gasteiger partial charge in [0.15, 0.2) is 0 Å². The highest BCUT2D eigenvalue weighted by Crippen LogP contribution is 2.35. The van der Waals surface area contributed by atoms with Crippen molar-refractivity contribution in [2.45, 2.75) is 39.3 Å². The van der Waals surface area contributed by atoms with Crippen LogP contribution < -0.4 is 4.90 Å². The van der Waals surface area contributed by atoms with E-state index in [-0.39, 0.29) is 0 Å². The van der Waals surface area contributed by atoms with Gasteiger partial charge in [-0.3, -0.25) is 9.58 Å². The van der Waals surface area contributed by atoms with Crippen LogP contribution in [-0.4, -0.2) is 50.8 Å². The average Bonchev–Trinajstić information content (AvgIpc) is 3.18. The third-order valence-corrected chi connectivity index (χ3v) is 6.64. The number of nitrogens with zero attached hydrogens (tertiary/aromatic N) is 6. The third kappa shape index (κ3) is 3.21. The summed E-state index contributed by atoms with van der Waals surface area (Å²) in [4.78, 5) is 16.5. The lowest BCUT2D eigenvalue weighted by molar-refractivity contribution is 0.200. The maximum Gasteiger partial charge on any atom is 0.141 e. The Morgan fingerprint density at radius 3 is 2.69 bits per heavy atom. The van der Waals surface area contributed by atoms with Crippen molar-refractivity contribution in [1.82, 2.24) is 24.6 Å². The van der Waals surface area contributed by atoms with Crippen molar-refractivity contribution in [2.24, 2.45) is 7.05 Å². The van der Waals surface area contributed by atoms with Gasteiger partial charge in [0.1, 0.15) is 17.0 Å². The Bertz CT molecular complexity index is 906. The van der Waals surface area contributed by atoms with Gasteiger partial charge in [-0.25, -0.2) is 9.97 Å². The Kier molecular flexibility index (Phi) is 4.67. The minimum absolute atomic E-state index is 0.606. The van der Waals surface area contributed by atoms with Gasteiger partial charge in [0.2, 0.25) is 0 Å². The largest absolute Gasteiger partial charge is 0.356 e. The monoisotopic (exact) mass is 370 g/mol. The number of fused-ring (bicyclic) bond motifs is 1. The van der Waals surface area contributed by atoms with Gasteiger partial charge in [0.05, 0.1) is 11.6 Å². The van der Waals surface area contributed by atoms with Crippen LogP contribution in [-0.2, 0) is 13.6 Å². The normalized spacial score (nSPS) is 16.1. The van der Waals surface area contributed by atoms with Gasteiger partial charge in [-0.2, -0.15) is 5.10 Å². The van der Waals surface area contributed by atoms with E-state index in [1.165, 1.54) is 21.4 Å². The molecule has 1 aliphatic rings. The van der Waals surface area contributed by atoms with Gasteiger partial charge < -0.3 is 4.90 Å². The highest BCUT2D eigenvalue weighted by Gasteiger charge is 2.25. The molecule has 0 amide bonds. The maximum absolute atomic E-state index is 4.64. The third-order valence-electron chi connectivity index (χ3n) is 5.52. The maximum atomic E-state index is 4.64. The lowest BCUT2D eigenvalue weighted by atomic mass is 10.0. The Labute approximate surface area is 158 Å². The zero-order chi connectivity index (χ0) is 18.3. The van der Waals surface area contributed by atoms with E-state index >= 15 is 0 Å². The van der Waals surface area contributed by atoms with Crippen molar-refractivity contribution in [3.8, 4) is 0 Å². The van der Waals surface area contributed by atoms with Crippen LogP contribution in [0.4, 0.5) is 5.82 Å². The summed E-state index contributed by atoms with van der Waals surface area (Å²) >= 11 is 1.77. The van der Waals surface area contributed by atoms with Crippen molar-refractivity contribution in [3.63, 3.8) is 0 Å². The zero-order valence-corrected chi connectivity index (χ0v) is 16.8. The van der Waals surface area contributed by atoms with Crippen molar-refractivity contribution < 1.29 is 0 Å². The molecule has 4 heterocycles. The minimum atomic E-state index is 0.606. The first-order chi connectivity index (χ1) is 12.5. The van der Waals surface area contributed by atoms with Crippen molar-refractivity contribution >= 4 is 27.4 Å². The molecule has 26 heavy (non-hydrogen) atoms. The Morgan fingerprint density at radius 1 is 1.23 bits per heavy atom. The molecule has 138 valence electrons. The van der Waals surface area contributed by atoms with E-state index in [1.807, 2.05) is 17.9 Å². The van der Waals surface area contributed by atoms with Gasteiger partial charge in [-0.15, -0.1) is 11.3 Å². The number of piperidine rings is 1. The molecule has 0 unspecified atom stereocenters. The van der Waals surface area contributed by atoms with Crippen LogP contribution in [0.3, 0.4) is 0 Å². The van der Waals surface area contributed by atoms with Gasteiger partial charge in [-0.05, 0) is 39.3 Å². The molecule has 1 aliphatic heterocycles. The molecule has 4 rings (SSSR count). The highest BCUT2D eigenvalue weighted by molar-refractivity contribution is 7.18. The second-order valence-electron chi connectivity index (χ2n) is 7.32. The fourth-order valence-corrected chi connectivity index (χ4v) is 4.88. The number of aromatic nitrogens is 4. The van der Waals surface area contributed by atoms with Crippen LogP contribution in [0.25, 0.3) is 10.2 Å². The number of aryl methyl sites for hydroxylation is 3. The molecule has 3 aromatic heterocycles. The van der Waals surface area contributed by atoms with Crippen LogP contribution in [0.1, 0.15) is 28.8 Å². The molecule has 0 N–H and O–H groups in total. The summed E-state index contributed by atoms with van der Waals surface area (Å²) in [7, 11) is 4.20. The minimum Gasteiger partial charge on any atom is -0.356 e. The molecule has 0 spiro atoms. The molecule has 3 aromatic rings. The van der Waals surface area contributed by atoms with Gasteiger partial charge in [0.25, 0.3) is 0 Å². The lowest BCUT2D eigenvalue weighted by Crippen LogP contribution is -2.43. The number of hydrogen-bond acceptors (Lipinski definition) is 6. The molecule has 1 fully saturated rings. The fourth-order valence-electron chi connectivity index (χ4n) is 3.89. The molecule has 0 radical (unpaired) electrons. The van der Waals surface area contributed by atoms with Crippen molar-refractivity contribution in [3.05, 3.63) is 34.7 Å². The van der Waals surface area contributed by atoms with E-state index in [1.54, 1.807) is 17.7 Å². The molecule has 0 bridgehead atoms. The number of rotatable bonds is 4. The zero-order valence-electron chi connectivity index (χ0n) is 15.9. The topological polar surface area (TPSA) is 50.1 Å². The summed E-state index contributed by atoms with van der Waals surface area (Å²) in [5.41, 5.74) is 2.61. The van der Waals surface area contributed by atoms with E-state index < -0.39 is 0 Å². The van der Waals surface area contributed by atoms with E-state index in [0.717, 1.165) is 43.1 Å². The fraction of sp³-hybridized carbons (Fsp3) is 0.526. The van der Waals surface area contributed by atoms with Gasteiger partial charge in [-0.1, -0.05) is 0 Å². The first kappa shape index (κ1) is 17.4. The van der Waals surface area contributed by atoms with Crippen LogP contribution in [0.15, 0.2) is 18.7 Å². The van der Waals surface area contributed by atoms with Gasteiger partial charge >= 0.3 is 0 Å². The summed E-state index contributed by atoms with van der Waals surface area (Å²) in [6, 6.07) is 0.606. The molecular weight excluding hydrogens is 344 g/mol. The van der Waals surface area contributed by atoms with E-state index in [4.69, 9.17) is 0 Å². The van der Waals surface area contributed by atoms with Crippen LogP contribution in [0, 0.1) is 13.8 Å². The summed E-state index contributed by atoms with van der Waals surface area (Å²) in [6.07, 6.45) is 8.10. The quantitative estimate of drug-likeness (QED) is 0.706. The molecule has 0 saturated carbocycles. The van der Waals surface area contributed by atoms with Crippen LogP contribution >= 0.6 is 11.3 Å². The summed E-state index contributed by atoms with van der Waals surface area (Å²) < 4.78 is 1.87. The van der Waals surface area contributed by atoms with E-state index in [2.05, 4.69) is 52.0 Å². The summed E-state index contributed by atoms with van der Waals surface area (Å²) in [5.74, 6) is 1.12. The molecule has 0 atom stereocenters. The van der Waals surface area contributed by atoms with Crippen molar-refractivity contribution in [1.29, 1.82) is 0 Å². The smallest absolute Gasteiger partial charge is 0.141 e. The highest BCUT2D eigenvalue weighted by atomic mass is 32.1. The summed E-state index contributed by atoms with van der Waals surface area (Å²) in [6.45, 7) is 7.41. The number of hydrogen-bond donors (Lipinski definition) is 0. The van der Waals surface area contributed by atoms with Gasteiger partial charge in [0, 0.05) is 49.4 Å². The second kappa shape index (κ2) is 6.96. The van der Waals surface area contributed by atoms with Crippen molar-refractivity contribution in [2.75, 3.05) is 25.0 Å². The Morgan fingerprint density at radius 2 is 2.00 bits per heavy atom.